The van der Waals surface area contributed by atoms with E-state index in [1.807, 2.05) is 32.0 Å². The minimum Gasteiger partial charge on any atom is -1.00 e. The van der Waals surface area contributed by atoms with Crippen LogP contribution >= 0.6 is 17.1 Å². The van der Waals surface area contributed by atoms with E-state index >= 15 is 0 Å². The van der Waals surface area contributed by atoms with E-state index in [1.165, 1.54) is 0 Å². The van der Waals surface area contributed by atoms with Gasteiger partial charge in [0.05, 0.1) is 12.1 Å². The largest absolute Gasteiger partial charge is 2.00 e. The first kappa shape index (κ1) is 42.4. The summed E-state index contributed by atoms with van der Waals surface area (Å²) in [6, 6.07) is 52.2. The molecule has 0 radical (unpaired) electrons. The van der Waals surface area contributed by atoms with Gasteiger partial charge in [-0.3, -0.25) is 9.05 Å². The quantitative estimate of drug-likeness (QED) is 0.0619. The van der Waals surface area contributed by atoms with E-state index in [0.29, 0.717) is 11.5 Å². The molecule has 55 heavy (non-hydrogen) atoms. The molecule has 11 heteroatoms. The summed E-state index contributed by atoms with van der Waals surface area (Å²) in [5.41, 5.74) is 3.41. The molecule has 0 amide bonds. The Morgan fingerprint density at radius 1 is 0.564 bits per heavy atom. The Kier molecular flexibility index (Phi) is 15.0. The number of nitrogens with zero attached hydrogens (tertiary/aromatic N) is 2. The molecule has 0 bridgehead atoms. The summed E-state index contributed by atoms with van der Waals surface area (Å²) in [6.45, 7) is 7.54. The molecule has 4 saturated heterocycles. The molecular formula is C44H47IN2O5P2Pd. The molecule has 0 saturated carbocycles. The third-order valence-corrected chi connectivity index (χ3v) is 14.0. The molecule has 0 aliphatic carbocycles. The van der Waals surface area contributed by atoms with Gasteiger partial charge >= 0.3 is 37.5 Å². The second kappa shape index (κ2) is 19.5. The standard InChI is InChI=1S/C40H37N2O4P2.C4H10O.HI.Pd/c1-5-16-31(17-6-1)39(32-18-7-2-8-19-32)37-26-14-28-41(37)47(45-39)43-35-24-13-25-36(30-35)44-48-42-29-15-27-38(42)40(46-48,33-20-9-3-10-21-33)34-22-11-4-12-23-34;1-3-5-4-2;;/h1-13,16-25,37-38H,14-15,26-29H2;3-4H2,1-2H3;1H;/q-1;;;+2/p-1/t37-,38-,47-,48+;;;/m0.../s1. The molecule has 5 aromatic carbocycles. The van der Waals surface area contributed by atoms with Crippen molar-refractivity contribution in [2.75, 3.05) is 26.3 Å². The van der Waals surface area contributed by atoms with Gasteiger partial charge in [-0.1, -0.05) is 127 Å². The molecule has 0 aromatic heterocycles. The van der Waals surface area contributed by atoms with Gasteiger partial charge < -0.3 is 37.8 Å². The molecule has 0 spiro atoms. The third kappa shape index (κ3) is 8.36. The van der Waals surface area contributed by atoms with Gasteiger partial charge in [-0.2, -0.15) is 6.07 Å². The van der Waals surface area contributed by atoms with E-state index in [4.69, 9.17) is 22.8 Å². The first-order valence-corrected chi connectivity index (χ1v) is 21.1. The fraction of sp³-hybridized carbons (Fsp3) is 0.318. The van der Waals surface area contributed by atoms with Gasteiger partial charge in [0.15, 0.2) is 0 Å². The molecule has 4 heterocycles. The van der Waals surface area contributed by atoms with Crippen LogP contribution in [0, 0.1) is 6.07 Å². The van der Waals surface area contributed by atoms with Gasteiger partial charge in [0.2, 0.25) is 0 Å². The van der Waals surface area contributed by atoms with Gasteiger partial charge in [0.1, 0.15) is 11.2 Å². The van der Waals surface area contributed by atoms with Crippen molar-refractivity contribution < 1.29 is 67.2 Å². The van der Waals surface area contributed by atoms with E-state index in [-0.39, 0.29) is 56.5 Å². The number of benzene rings is 5. The van der Waals surface area contributed by atoms with Crippen LogP contribution in [-0.4, -0.2) is 47.7 Å². The summed E-state index contributed by atoms with van der Waals surface area (Å²) >= 11 is 0. The molecule has 0 N–H and O–H groups in total. The molecule has 5 aromatic rings. The molecule has 4 atom stereocenters. The van der Waals surface area contributed by atoms with E-state index < -0.39 is 28.3 Å². The van der Waals surface area contributed by atoms with Gasteiger partial charge in [0.25, 0.3) is 0 Å². The first-order valence-electron chi connectivity index (χ1n) is 18.9. The fourth-order valence-electron chi connectivity index (χ4n) is 8.30. The minimum absolute atomic E-state index is 0. The van der Waals surface area contributed by atoms with E-state index in [1.54, 1.807) is 0 Å². The van der Waals surface area contributed by atoms with E-state index in [9.17, 15) is 0 Å². The number of hydrogen-bond donors (Lipinski definition) is 0. The summed E-state index contributed by atoms with van der Waals surface area (Å²) in [5, 5.41) is 0. The van der Waals surface area contributed by atoms with Crippen LogP contribution < -0.4 is 33.0 Å². The summed E-state index contributed by atoms with van der Waals surface area (Å²) < 4.78 is 37.4. The van der Waals surface area contributed by atoms with Crippen molar-refractivity contribution in [3.8, 4) is 11.5 Å². The summed E-state index contributed by atoms with van der Waals surface area (Å²) in [7, 11) is -2.80. The molecule has 4 fully saturated rings. The summed E-state index contributed by atoms with van der Waals surface area (Å²) in [6.07, 6.45) is 4.30. The van der Waals surface area contributed by atoms with Crippen molar-refractivity contribution in [3.05, 3.63) is 168 Å². The van der Waals surface area contributed by atoms with Crippen LogP contribution in [0.3, 0.4) is 0 Å². The van der Waals surface area contributed by atoms with Crippen molar-refractivity contribution in [3.63, 3.8) is 0 Å². The van der Waals surface area contributed by atoms with Crippen molar-refractivity contribution >= 4 is 17.1 Å². The predicted molar refractivity (Wildman–Crippen MR) is 211 cm³/mol. The van der Waals surface area contributed by atoms with Crippen molar-refractivity contribution in [1.29, 1.82) is 0 Å². The Balaban J connectivity index is 0.000000693. The maximum Gasteiger partial charge on any atom is 2.00 e. The number of halogens is 1. The zero-order valence-electron chi connectivity index (χ0n) is 31.1. The molecule has 0 unspecified atom stereocenters. The smallest absolute Gasteiger partial charge is 1.00 e. The van der Waals surface area contributed by atoms with Crippen LogP contribution in [0.15, 0.2) is 140 Å². The minimum atomic E-state index is -1.40. The Hall–Kier alpha value is -2.25. The fourth-order valence-corrected chi connectivity index (χ4v) is 12.1. The van der Waals surface area contributed by atoms with Crippen LogP contribution in [0.5, 0.6) is 11.5 Å². The van der Waals surface area contributed by atoms with Gasteiger partial charge in [-0.15, -0.1) is 12.1 Å². The topological polar surface area (TPSA) is 52.6 Å². The summed E-state index contributed by atoms with van der Waals surface area (Å²) in [4.78, 5) is 0. The predicted octanol–water partition coefficient (Wildman–Crippen LogP) is 7.62. The van der Waals surface area contributed by atoms with E-state index in [0.717, 1.165) is 74.2 Å². The SMILES string of the molecule is CCOCC.[I-].[Pd+2].[c-]1c(O[P@]2OC(c3ccccc3)(c3ccccc3)[C@@H]3CCCN32)cccc1O[P@@]1OC(c2ccccc2)(c2ccccc2)[C@@H]2CCCN21. The van der Waals surface area contributed by atoms with Crippen LogP contribution in [0.25, 0.3) is 0 Å². The normalized spacial score (nSPS) is 23.3. The molecular weight excluding hydrogens is 932 g/mol. The van der Waals surface area contributed by atoms with Crippen molar-refractivity contribution in [1.82, 2.24) is 9.34 Å². The Morgan fingerprint density at radius 3 is 1.22 bits per heavy atom. The molecule has 9 rings (SSSR count). The van der Waals surface area contributed by atoms with Crippen LogP contribution in [-0.2, 0) is 45.4 Å². The average Bonchev–Trinajstić information content (AvgIpc) is 4.02. The monoisotopic (exact) mass is 978 g/mol. The van der Waals surface area contributed by atoms with Gasteiger partial charge in [0, 0.05) is 37.8 Å². The Morgan fingerprint density at radius 2 is 0.909 bits per heavy atom. The van der Waals surface area contributed by atoms with Crippen LogP contribution in [0.4, 0.5) is 0 Å². The molecule has 4 aliphatic rings. The maximum atomic E-state index is 7.13. The van der Waals surface area contributed by atoms with Crippen LogP contribution in [0.2, 0.25) is 0 Å². The Bertz CT molecular complexity index is 1710. The number of rotatable bonds is 10. The molecule has 7 nitrogen and oxygen atoms in total. The van der Waals surface area contributed by atoms with Crippen molar-refractivity contribution in [2.24, 2.45) is 0 Å². The number of ether oxygens (including phenoxy) is 1. The third-order valence-electron chi connectivity index (χ3n) is 10.6. The average molecular weight is 979 g/mol. The summed E-state index contributed by atoms with van der Waals surface area (Å²) in [5.74, 6) is 1.23. The Labute approximate surface area is 359 Å². The second-order valence-corrected chi connectivity index (χ2v) is 16.3. The molecule has 4 aliphatic heterocycles. The van der Waals surface area contributed by atoms with Crippen LogP contribution in [0.1, 0.15) is 61.8 Å². The van der Waals surface area contributed by atoms with Gasteiger partial charge in [-0.05, 0) is 61.8 Å². The molecule has 290 valence electrons. The van der Waals surface area contributed by atoms with E-state index in [2.05, 4.69) is 137 Å². The number of fused-ring (bicyclic) bond motifs is 2. The zero-order valence-corrected chi connectivity index (χ0v) is 36.6. The maximum absolute atomic E-state index is 7.13. The number of hydrogen-bond acceptors (Lipinski definition) is 7. The zero-order chi connectivity index (χ0) is 36.1. The first-order chi connectivity index (χ1) is 26.2. The van der Waals surface area contributed by atoms with Gasteiger partial charge in [-0.25, -0.2) is 9.34 Å². The second-order valence-electron chi connectivity index (χ2n) is 13.6. The van der Waals surface area contributed by atoms with Crippen molar-refractivity contribution in [2.45, 2.75) is 62.8 Å².